The molecule has 2 heterocycles. The number of carbonyl (C=O) groups excluding carboxylic acids is 1. The van der Waals surface area contributed by atoms with Crippen LogP contribution in [-0.4, -0.2) is 42.2 Å². The second-order valence-electron chi connectivity index (χ2n) is 10.6. The lowest BCUT2D eigenvalue weighted by Gasteiger charge is -2.58. The average molecular weight is 435 g/mol. The Morgan fingerprint density at radius 1 is 1.34 bits per heavy atom. The van der Waals surface area contributed by atoms with Crippen molar-refractivity contribution < 1.29 is 9.90 Å². The molecule has 4 fully saturated rings. The zero-order chi connectivity index (χ0) is 22.5. The van der Waals surface area contributed by atoms with Crippen molar-refractivity contribution in [3.8, 4) is 11.9 Å². The summed E-state index contributed by atoms with van der Waals surface area (Å²) >= 11 is 0. The van der Waals surface area contributed by atoms with E-state index < -0.39 is 5.60 Å². The first-order chi connectivity index (χ1) is 15.3. The van der Waals surface area contributed by atoms with Crippen LogP contribution in [0.25, 0.3) is 12.0 Å². The number of aromatic nitrogens is 4. The third-order valence-corrected chi connectivity index (χ3v) is 7.48. The minimum atomic E-state index is -0.524. The summed E-state index contributed by atoms with van der Waals surface area (Å²) < 4.78 is 3.28. The molecule has 168 valence electrons. The van der Waals surface area contributed by atoms with Crippen LogP contribution in [0.1, 0.15) is 62.7 Å². The Balaban J connectivity index is 1.41. The lowest BCUT2D eigenvalue weighted by molar-refractivity contribution is -0.136. The molecule has 6 rings (SSSR count). The maximum atomic E-state index is 13.4. The van der Waals surface area contributed by atoms with Gasteiger partial charge < -0.3 is 10.4 Å². The molecule has 4 aliphatic carbocycles. The molecule has 0 saturated heterocycles. The van der Waals surface area contributed by atoms with Gasteiger partial charge in [-0.2, -0.15) is 15.5 Å². The van der Waals surface area contributed by atoms with Crippen LogP contribution in [0.2, 0.25) is 0 Å². The van der Waals surface area contributed by atoms with Gasteiger partial charge in [-0.1, -0.05) is 19.9 Å². The predicted octanol–water partition coefficient (Wildman–Crippen LogP) is 3.15. The quantitative estimate of drug-likeness (QED) is 0.726. The molecule has 2 unspecified atom stereocenters. The van der Waals surface area contributed by atoms with Crippen molar-refractivity contribution in [2.45, 2.75) is 64.0 Å². The van der Waals surface area contributed by atoms with E-state index in [1.807, 2.05) is 19.9 Å². The SMILES string of the molecule is CC(C)(C=Cn1ncc(C(=O)NC2C3CC4CC2CC(O)(C4)C3)c1-n1cccn1)CC#N. The summed E-state index contributed by atoms with van der Waals surface area (Å²) in [7, 11) is 0. The number of hydrogen-bond donors (Lipinski definition) is 2. The number of carbonyl (C=O) groups is 1. The summed E-state index contributed by atoms with van der Waals surface area (Å²) in [6.07, 6.45) is 13.8. The molecule has 4 aliphatic rings. The Morgan fingerprint density at radius 2 is 2.09 bits per heavy atom. The van der Waals surface area contributed by atoms with E-state index in [9.17, 15) is 9.90 Å². The summed E-state index contributed by atoms with van der Waals surface area (Å²) in [6, 6.07) is 4.11. The van der Waals surface area contributed by atoms with E-state index in [0.717, 1.165) is 32.1 Å². The van der Waals surface area contributed by atoms with Crippen molar-refractivity contribution in [3.05, 3.63) is 36.3 Å². The van der Waals surface area contributed by atoms with Crippen molar-refractivity contribution in [2.24, 2.45) is 23.2 Å². The highest BCUT2D eigenvalue weighted by Gasteiger charge is 2.55. The van der Waals surface area contributed by atoms with Crippen LogP contribution in [0.3, 0.4) is 0 Å². The lowest BCUT2D eigenvalue weighted by Crippen LogP contribution is -2.61. The van der Waals surface area contributed by atoms with E-state index in [1.165, 1.54) is 0 Å². The number of aliphatic hydroxyl groups is 1. The Morgan fingerprint density at radius 3 is 2.72 bits per heavy atom. The number of allylic oxidation sites excluding steroid dienone is 1. The standard InChI is InChI=1S/C24H30N6O2/c1-23(2,4-6-25)5-9-30-22(29-8-3-7-26-29)19(15-27-30)21(31)28-20-17-10-16-11-18(20)14-24(32,12-16)13-17/h3,5,7-9,15-18,20,32H,4,10-14H2,1-2H3,(H,28,31). The molecule has 4 bridgehead atoms. The summed E-state index contributed by atoms with van der Waals surface area (Å²) in [6.45, 7) is 3.97. The summed E-state index contributed by atoms with van der Waals surface area (Å²) in [5, 5.41) is 31.9. The molecule has 2 N–H and O–H groups in total. The minimum Gasteiger partial charge on any atom is -0.390 e. The van der Waals surface area contributed by atoms with Crippen LogP contribution in [0, 0.1) is 34.5 Å². The van der Waals surface area contributed by atoms with E-state index in [4.69, 9.17) is 5.26 Å². The fourth-order valence-electron chi connectivity index (χ4n) is 6.23. The molecule has 0 aliphatic heterocycles. The van der Waals surface area contributed by atoms with Crippen molar-refractivity contribution in [2.75, 3.05) is 0 Å². The topological polar surface area (TPSA) is 109 Å². The molecule has 1 amide bonds. The molecule has 0 aromatic carbocycles. The van der Waals surface area contributed by atoms with Gasteiger partial charge in [-0.3, -0.25) is 4.79 Å². The van der Waals surface area contributed by atoms with Gasteiger partial charge in [0.15, 0.2) is 5.82 Å². The van der Waals surface area contributed by atoms with E-state index in [-0.39, 0.29) is 17.4 Å². The molecule has 32 heavy (non-hydrogen) atoms. The first kappa shape index (κ1) is 21.0. The maximum Gasteiger partial charge on any atom is 0.257 e. The van der Waals surface area contributed by atoms with Crippen LogP contribution in [0.4, 0.5) is 0 Å². The first-order valence-electron chi connectivity index (χ1n) is 11.4. The summed E-state index contributed by atoms with van der Waals surface area (Å²) in [5.74, 6) is 1.68. The van der Waals surface area contributed by atoms with E-state index in [0.29, 0.717) is 35.6 Å². The largest absolute Gasteiger partial charge is 0.390 e. The van der Waals surface area contributed by atoms with Crippen LogP contribution in [-0.2, 0) is 0 Å². The average Bonchev–Trinajstić information content (AvgIpc) is 3.37. The zero-order valence-corrected chi connectivity index (χ0v) is 18.6. The number of rotatable bonds is 6. The Kier molecular flexibility index (Phi) is 4.97. The molecule has 0 radical (unpaired) electrons. The van der Waals surface area contributed by atoms with Gasteiger partial charge in [-0.25, -0.2) is 9.36 Å². The van der Waals surface area contributed by atoms with Gasteiger partial charge in [-0.15, -0.1) is 0 Å². The molecule has 2 atom stereocenters. The third-order valence-electron chi connectivity index (χ3n) is 7.48. The fraction of sp³-hybridized carbons (Fsp3) is 0.583. The number of nitrogens with zero attached hydrogens (tertiary/aromatic N) is 5. The Hall–Kier alpha value is -2.92. The minimum absolute atomic E-state index is 0.0956. The number of hydrogen-bond acceptors (Lipinski definition) is 5. The van der Waals surface area contributed by atoms with Gasteiger partial charge in [0.1, 0.15) is 5.56 Å². The van der Waals surface area contributed by atoms with Gasteiger partial charge in [0.05, 0.1) is 17.9 Å². The highest BCUT2D eigenvalue weighted by molar-refractivity contribution is 5.97. The van der Waals surface area contributed by atoms with E-state index >= 15 is 0 Å². The third kappa shape index (κ3) is 3.75. The maximum absolute atomic E-state index is 13.4. The van der Waals surface area contributed by atoms with Gasteiger partial charge in [0, 0.05) is 31.1 Å². The number of nitriles is 1. The normalized spacial score (nSPS) is 31.2. The smallest absolute Gasteiger partial charge is 0.257 e. The lowest BCUT2D eigenvalue weighted by atomic mass is 9.52. The van der Waals surface area contributed by atoms with Crippen LogP contribution >= 0.6 is 0 Å². The van der Waals surface area contributed by atoms with Gasteiger partial charge in [0.25, 0.3) is 5.91 Å². The molecule has 4 saturated carbocycles. The van der Waals surface area contributed by atoms with Gasteiger partial charge >= 0.3 is 0 Å². The second kappa shape index (κ2) is 7.59. The first-order valence-corrected chi connectivity index (χ1v) is 11.4. The van der Waals surface area contributed by atoms with Crippen LogP contribution < -0.4 is 5.32 Å². The number of amides is 1. The summed E-state index contributed by atoms with van der Waals surface area (Å²) in [4.78, 5) is 13.4. The second-order valence-corrected chi connectivity index (χ2v) is 10.6. The molecular weight excluding hydrogens is 404 g/mol. The molecule has 2 aromatic rings. The highest BCUT2D eigenvalue weighted by atomic mass is 16.3. The molecule has 8 heteroatoms. The van der Waals surface area contributed by atoms with Crippen LogP contribution in [0.15, 0.2) is 30.7 Å². The predicted molar refractivity (Wildman–Crippen MR) is 118 cm³/mol. The zero-order valence-electron chi connectivity index (χ0n) is 18.6. The fourth-order valence-corrected chi connectivity index (χ4v) is 6.23. The van der Waals surface area contributed by atoms with Crippen LogP contribution in [0.5, 0.6) is 0 Å². The number of nitrogens with one attached hydrogen (secondary N) is 1. The van der Waals surface area contributed by atoms with Gasteiger partial charge in [0.2, 0.25) is 0 Å². The molecule has 0 spiro atoms. The van der Waals surface area contributed by atoms with Crippen molar-refractivity contribution >= 4 is 12.1 Å². The Bertz CT molecular complexity index is 1060. The Labute approximate surface area is 187 Å². The van der Waals surface area contributed by atoms with Crippen molar-refractivity contribution in [3.63, 3.8) is 0 Å². The van der Waals surface area contributed by atoms with Crippen molar-refractivity contribution in [1.29, 1.82) is 5.26 Å². The molecule has 8 nitrogen and oxygen atoms in total. The van der Waals surface area contributed by atoms with Crippen molar-refractivity contribution in [1.82, 2.24) is 24.9 Å². The van der Waals surface area contributed by atoms with E-state index in [1.54, 1.807) is 40.2 Å². The van der Waals surface area contributed by atoms with E-state index in [2.05, 4.69) is 21.6 Å². The molecular formula is C24H30N6O2. The molecule has 2 aromatic heterocycles. The van der Waals surface area contributed by atoms with Gasteiger partial charge in [-0.05, 0) is 61.3 Å². The monoisotopic (exact) mass is 434 g/mol. The highest BCUT2D eigenvalue weighted by Crippen LogP contribution is 2.55. The summed E-state index contributed by atoms with van der Waals surface area (Å²) in [5.41, 5.74) is -0.376.